The summed E-state index contributed by atoms with van der Waals surface area (Å²) in [5, 5.41) is 0. The molecule has 80 valence electrons. The van der Waals surface area contributed by atoms with Crippen LogP contribution in [-0.4, -0.2) is 4.98 Å². The average Bonchev–Trinajstić information content (AvgIpc) is 2.32. The van der Waals surface area contributed by atoms with Crippen molar-refractivity contribution in [3.8, 4) is 11.1 Å². The van der Waals surface area contributed by atoms with Crippen LogP contribution in [0.25, 0.3) is 17.2 Å². The van der Waals surface area contributed by atoms with Gasteiger partial charge in [-0.05, 0) is 36.2 Å². The van der Waals surface area contributed by atoms with Crippen molar-refractivity contribution in [2.75, 3.05) is 0 Å². The molecule has 0 fully saturated rings. The number of hydrogen-bond donors (Lipinski definition) is 0. The van der Waals surface area contributed by atoms with Crippen molar-refractivity contribution in [3.63, 3.8) is 0 Å². The SMILES string of the molecule is C/C=C/c1cnccc1-c1ccc(F)cc1. The Labute approximate surface area is 94.3 Å². The molecule has 0 radical (unpaired) electrons. The Morgan fingerprint density at radius 3 is 2.56 bits per heavy atom. The van der Waals surface area contributed by atoms with E-state index in [-0.39, 0.29) is 5.82 Å². The number of nitrogens with zero attached hydrogens (tertiary/aromatic N) is 1. The van der Waals surface area contributed by atoms with E-state index in [0.717, 1.165) is 16.7 Å². The van der Waals surface area contributed by atoms with Crippen LogP contribution in [0.15, 0.2) is 48.8 Å². The maximum atomic E-state index is 12.8. The zero-order valence-corrected chi connectivity index (χ0v) is 9.02. The van der Waals surface area contributed by atoms with Crippen LogP contribution in [0.4, 0.5) is 4.39 Å². The molecule has 0 aliphatic carbocycles. The summed E-state index contributed by atoms with van der Waals surface area (Å²) in [6, 6.07) is 8.42. The van der Waals surface area contributed by atoms with Crippen molar-refractivity contribution >= 4 is 6.08 Å². The molecule has 0 saturated heterocycles. The second-order valence-electron chi connectivity index (χ2n) is 3.47. The third-order valence-corrected chi connectivity index (χ3v) is 2.35. The zero-order chi connectivity index (χ0) is 11.4. The number of rotatable bonds is 2. The summed E-state index contributed by atoms with van der Waals surface area (Å²) < 4.78 is 12.8. The summed E-state index contributed by atoms with van der Waals surface area (Å²) in [5.41, 5.74) is 3.10. The van der Waals surface area contributed by atoms with Crippen LogP contribution in [0.5, 0.6) is 0 Å². The lowest BCUT2D eigenvalue weighted by Crippen LogP contribution is -1.85. The molecular formula is C14H12FN. The molecule has 0 atom stereocenters. The highest BCUT2D eigenvalue weighted by molar-refractivity contribution is 5.74. The lowest BCUT2D eigenvalue weighted by Gasteiger charge is -2.05. The molecule has 1 heterocycles. The molecule has 1 nitrogen and oxygen atoms in total. The summed E-state index contributed by atoms with van der Waals surface area (Å²) in [6.07, 6.45) is 7.50. The molecular weight excluding hydrogens is 201 g/mol. The largest absolute Gasteiger partial charge is 0.264 e. The standard InChI is InChI=1S/C14H12FN/c1-2-3-12-10-16-9-8-14(12)11-4-6-13(15)7-5-11/h2-10H,1H3/b3-2+. The minimum absolute atomic E-state index is 0.217. The smallest absolute Gasteiger partial charge is 0.123 e. The van der Waals surface area contributed by atoms with E-state index in [4.69, 9.17) is 0 Å². The fourth-order valence-corrected chi connectivity index (χ4v) is 1.61. The van der Waals surface area contributed by atoms with Gasteiger partial charge >= 0.3 is 0 Å². The quantitative estimate of drug-likeness (QED) is 0.736. The predicted molar refractivity (Wildman–Crippen MR) is 64.3 cm³/mol. The van der Waals surface area contributed by atoms with Gasteiger partial charge in [-0.3, -0.25) is 4.98 Å². The number of pyridine rings is 1. The van der Waals surface area contributed by atoms with Crippen LogP contribution in [0.2, 0.25) is 0 Å². The Morgan fingerprint density at radius 2 is 1.88 bits per heavy atom. The van der Waals surface area contributed by atoms with Gasteiger partial charge in [-0.25, -0.2) is 4.39 Å². The fraction of sp³-hybridized carbons (Fsp3) is 0.0714. The van der Waals surface area contributed by atoms with Gasteiger partial charge in [-0.1, -0.05) is 24.3 Å². The van der Waals surface area contributed by atoms with Gasteiger partial charge < -0.3 is 0 Å². The highest BCUT2D eigenvalue weighted by atomic mass is 19.1. The Hall–Kier alpha value is -1.96. The summed E-state index contributed by atoms with van der Waals surface area (Å²) in [6.45, 7) is 1.96. The third kappa shape index (κ3) is 2.16. The van der Waals surface area contributed by atoms with Gasteiger partial charge in [0.25, 0.3) is 0 Å². The number of benzene rings is 1. The summed E-state index contributed by atoms with van der Waals surface area (Å²) in [7, 11) is 0. The van der Waals surface area contributed by atoms with E-state index in [1.165, 1.54) is 12.1 Å². The maximum Gasteiger partial charge on any atom is 0.123 e. The van der Waals surface area contributed by atoms with Crippen molar-refractivity contribution in [2.24, 2.45) is 0 Å². The van der Waals surface area contributed by atoms with E-state index >= 15 is 0 Å². The van der Waals surface area contributed by atoms with E-state index in [9.17, 15) is 4.39 Å². The minimum atomic E-state index is -0.217. The molecule has 2 rings (SSSR count). The minimum Gasteiger partial charge on any atom is -0.264 e. The van der Waals surface area contributed by atoms with Gasteiger partial charge in [0.1, 0.15) is 5.82 Å². The first-order valence-corrected chi connectivity index (χ1v) is 5.14. The molecule has 2 aromatic rings. The van der Waals surface area contributed by atoms with Crippen molar-refractivity contribution in [2.45, 2.75) is 6.92 Å². The normalized spacial score (nSPS) is 10.9. The third-order valence-electron chi connectivity index (χ3n) is 2.35. The molecule has 0 aliphatic heterocycles. The van der Waals surface area contributed by atoms with E-state index in [1.54, 1.807) is 24.5 Å². The van der Waals surface area contributed by atoms with Gasteiger partial charge in [0.15, 0.2) is 0 Å². The van der Waals surface area contributed by atoms with Crippen molar-refractivity contribution < 1.29 is 4.39 Å². The Balaban J connectivity index is 2.51. The van der Waals surface area contributed by atoms with Gasteiger partial charge in [0.05, 0.1) is 0 Å². The first kappa shape index (κ1) is 10.6. The van der Waals surface area contributed by atoms with Crippen molar-refractivity contribution in [1.82, 2.24) is 4.98 Å². The number of aromatic nitrogens is 1. The number of hydrogen-bond acceptors (Lipinski definition) is 1. The molecule has 0 N–H and O–H groups in total. The molecule has 0 saturated carbocycles. The lowest BCUT2D eigenvalue weighted by molar-refractivity contribution is 0.628. The molecule has 16 heavy (non-hydrogen) atoms. The first-order chi connectivity index (χ1) is 7.81. The van der Waals surface area contributed by atoms with Crippen LogP contribution in [0.3, 0.4) is 0 Å². The second-order valence-corrected chi connectivity index (χ2v) is 3.47. The zero-order valence-electron chi connectivity index (χ0n) is 9.02. The van der Waals surface area contributed by atoms with Gasteiger partial charge in [0, 0.05) is 18.0 Å². The molecule has 0 unspecified atom stereocenters. The van der Waals surface area contributed by atoms with Crippen molar-refractivity contribution in [1.29, 1.82) is 0 Å². The number of allylic oxidation sites excluding steroid dienone is 1. The van der Waals surface area contributed by atoms with E-state index in [0.29, 0.717) is 0 Å². The second kappa shape index (κ2) is 4.71. The molecule has 0 spiro atoms. The average molecular weight is 213 g/mol. The van der Waals surface area contributed by atoms with Crippen LogP contribution in [0.1, 0.15) is 12.5 Å². The fourth-order valence-electron chi connectivity index (χ4n) is 1.61. The topological polar surface area (TPSA) is 12.9 Å². The first-order valence-electron chi connectivity index (χ1n) is 5.14. The Bertz CT molecular complexity index is 500. The number of halogens is 1. The lowest BCUT2D eigenvalue weighted by atomic mass is 10.0. The highest BCUT2D eigenvalue weighted by Crippen LogP contribution is 2.23. The van der Waals surface area contributed by atoms with Gasteiger partial charge in [-0.2, -0.15) is 0 Å². The van der Waals surface area contributed by atoms with Crippen LogP contribution in [-0.2, 0) is 0 Å². The van der Waals surface area contributed by atoms with Gasteiger partial charge in [0.2, 0.25) is 0 Å². The summed E-state index contributed by atoms with van der Waals surface area (Å²) in [4.78, 5) is 4.08. The highest BCUT2D eigenvalue weighted by Gasteiger charge is 2.02. The Kier molecular flexibility index (Phi) is 3.10. The van der Waals surface area contributed by atoms with E-state index in [2.05, 4.69) is 4.98 Å². The molecule has 1 aromatic heterocycles. The summed E-state index contributed by atoms with van der Waals surface area (Å²) in [5.74, 6) is -0.217. The predicted octanol–water partition coefficient (Wildman–Crippen LogP) is 3.92. The summed E-state index contributed by atoms with van der Waals surface area (Å²) >= 11 is 0. The molecule has 0 aliphatic rings. The van der Waals surface area contributed by atoms with Crippen molar-refractivity contribution in [3.05, 3.63) is 60.2 Å². The van der Waals surface area contributed by atoms with Crippen LogP contribution in [0, 0.1) is 5.82 Å². The molecule has 0 bridgehead atoms. The van der Waals surface area contributed by atoms with E-state index in [1.807, 2.05) is 25.1 Å². The monoisotopic (exact) mass is 213 g/mol. The van der Waals surface area contributed by atoms with Crippen LogP contribution < -0.4 is 0 Å². The Morgan fingerprint density at radius 1 is 1.12 bits per heavy atom. The molecule has 0 amide bonds. The van der Waals surface area contributed by atoms with Crippen LogP contribution >= 0.6 is 0 Å². The molecule has 2 heteroatoms. The molecule has 1 aromatic carbocycles. The van der Waals surface area contributed by atoms with E-state index < -0.39 is 0 Å². The maximum absolute atomic E-state index is 12.8. The van der Waals surface area contributed by atoms with Gasteiger partial charge in [-0.15, -0.1) is 0 Å².